The summed E-state index contributed by atoms with van der Waals surface area (Å²) >= 11 is 0. The zero-order valence-electron chi connectivity index (χ0n) is 12.4. The van der Waals surface area contributed by atoms with Gasteiger partial charge in [0.05, 0.1) is 0 Å². The molecule has 1 N–H and O–H groups in total. The normalized spacial score (nSPS) is 22.1. The molecule has 2 heteroatoms. The van der Waals surface area contributed by atoms with E-state index in [1.165, 1.54) is 69.8 Å². The molecule has 0 amide bonds. The van der Waals surface area contributed by atoms with Crippen LogP contribution in [-0.4, -0.2) is 5.11 Å². The Hall–Kier alpha value is -0.550. The van der Waals surface area contributed by atoms with Crippen LogP contribution >= 0.6 is 9.24 Å². The average molecular weight is 290 g/mol. The third kappa shape index (κ3) is 2.89. The van der Waals surface area contributed by atoms with E-state index in [2.05, 4.69) is 15.3 Å². The van der Waals surface area contributed by atoms with Crippen LogP contribution in [0.3, 0.4) is 0 Å². The van der Waals surface area contributed by atoms with Crippen LogP contribution in [0, 0.1) is 0 Å². The summed E-state index contributed by atoms with van der Waals surface area (Å²) in [6.45, 7) is 0. The molecule has 1 aromatic rings. The van der Waals surface area contributed by atoms with Crippen LogP contribution in [0.4, 0.5) is 0 Å². The van der Waals surface area contributed by atoms with Gasteiger partial charge in [0.25, 0.3) is 0 Å². The summed E-state index contributed by atoms with van der Waals surface area (Å²) < 4.78 is 0. The highest BCUT2D eigenvalue weighted by atomic mass is 31.0. The molecule has 0 aromatic heterocycles. The van der Waals surface area contributed by atoms with Gasteiger partial charge >= 0.3 is 0 Å². The molecule has 0 aliphatic heterocycles. The minimum Gasteiger partial charge on any atom is -0.507 e. The minimum atomic E-state index is 0.468. The molecule has 2 fully saturated rings. The predicted octanol–water partition coefficient (Wildman–Crippen LogP) is 4.99. The molecule has 0 saturated heterocycles. The molecule has 1 nitrogen and oxygen atoms in total. The molecule has 1 unspecified atom stereocenters. The van der Waals surface area contributed by atoms with E-state index in [0.29, 0.717) is 11.7 Å². The molecule has 0 radical (unpaired) electrons. The van der Waals surface area contributed by atoms with E-state index < -0.39 is 0 Å². The lowest BCUT2D eigenvalue weighted by molar-refractivity contribution is 0.417. The number of hydrogen-bond acceptors (Lipinski definition) is 1. The first-order chi connectivity index (χ1) is 9.77. The van der Waals surface area contributed by atoms with Crippen LogP contribution in [0.25, 0.3) is 0 Å². The van der Waals surface area contributed by atoms with Crippen LogP contribution in [0.2, 0.25) is 0 Å². The average Bonchev–Trinajstić information content (AvgIpc) is 2.51. The minimum absolute atomic E-state index is 0.468. The summed E-state index contributed by atoms with van der Waals surface area (Å²) in [6.07, 6.45) is 13.6. The fourth-order valence-corrected chi connectivity index (χ4v) is 4.76. The molecule has 2 aliphatic carbocycles. The number of aromatic hydroxyl groups is 1. The summed E-state index contributed by atoms with van der Waals surface area (Å²) in [6, 6.07) is 4.14. The Morgan fingerprint density at radius 1 is 0.800 bits per heavy atom. The van der Waals surface area contributed by atoms with Crippen molar-refractivity contribution in [3.8, 4) is 5.75 Å². The van der Waals surface area contributed by atoms with Crippen LogP contribution < -0.4 is 5.30 Å². The molecule has 3 rings (SSSR count). The molecular weight excluding hydrogens is 263 g/mol. The van der Waals surface area contributed by atoms with Crippen molar-refractivity contribution in [2.75, 3.05) is 0 Å². The topological polar surface area (TPSA) is 20.2 Å². The molecule has 0 heterocycles. The summed E-state index contributed by atoms with van der Waals surface area (Å²) in [4.78, 5) is 0. The van der Waals surface area contributed by atoms with Gasteiger partial charge in [0, 0.05) is 5.30 Å². The number of benzene rings is 1. The molecule has 1 atom stereocenters. The van der Waals surface area contributed by atoms with Crippen LogP contribution in [0.15, 0.2) is 12.1 Å². The standard InChI is InChI=1S/C18H27OP/c19-16-12-11-15(13-7-3-1-4-8-13)17(18(16)20)14-9-5-2-6-10-14/h11-14,19H,1-10,20H2. The van der Waals surface area contributed by atoms with Crippen LogP contribution in [-0.2, 0) is 0 Å². The Balaban J connectivity index is 1.97. The first kappa shape index (κ1) is 14.4. The third-order valence-corrected chi connectivity index (χ3v) is 5.96. The zero-order valence-corrected chi connectivity index (χ0v) is 13.6. The van der Waals surface area contributed by atoms with Crippen molar-refractivity contribution >= 4 is 14.5 Å². The van der Waals surface area contributed by atoms with Crippen molar-refractivity contribution in [2.45, 2.75) is 76.0 Å². The highest BCUT2D eigenvalue weighted by Crippen LogP contribution is 2.41. The van der Waals surface area contributed by atoms with E-state index >= 15 is 0 Å². The second-order valence-corrected chi connectivity index (χ2v) is 7.25. The fraction of sp³-hybridized carbons (Fsp3) is 0.667. The Kier molecular flexibility index (Phi) is 4.66. The molecule has 2 saturated carbocycles. The summed E-state index contributed by atoms with van der Waals surface area (Å²) in [5.41, 5.74) is 3.04. The van der Waals surface area contributed by atoms with E-state index in [1.807, 2.05) is 6.07 Å². The maximum Gasteiger partial charge on any atom is 0.123 e. The molecule has 0 spiro atoms. The van der Waals surface area contributed by atoms with E-state index in [-0.39, 0.29) is 0 Å². The van der Waals surface area contributed by atoms with Crippen molar-refractivity contribution in [2.24, 2.45) is 0 Å². The smallest absolute Gasteiger partial charge is 0.123 e. The Labute approximate surface area is 125 Å². The Morgan fingerprint density at radius 3 is 1.95 bits per heavy atom. The molecule has 1 aromatic carbocycles. The summed E-state index contributed by atoms with van der Waals surface area (Å²) in [5, 5.41) is 11.2. The van der Waals surface area contributed by atoms with Gasteiger partial charge in [-0.3, -0.25) is 0 Å². The SMILES string of the molecule is Oc1ccc(C2CCCCC2)c(C2CCCCC2)c1P. The number of phenolic OH excluding ortho intramolecular Hbond substituents is 1. The first-order valence-corrected chi connectivity index (χ1v) is 8.96. The number of hydrogen-bond donors (Lipinski definition) is 1. The summed E-state index contributed by atoms with van der Waals surface area (Å²) in [5.74, 6) is 1.89. The highest BCUT2D eigenvalue weighted by molar-refractivity contribution is 7.28. The second-order valence-electron chi connectivity index (χ2n) is 6.67. The van der Waals surface area contributed by atoms with Gasteiger partial charge in [0.1, 0.15) is 5.75 Å². The molecular formula is C18H27OP. The molecule has 0 bridgehead atoms. The van der Waals surface area contributed by atoms with Crippen molar-refractivity contribution in [1.29, 1.82) is 0 Å². The number of rotatable bonds is 2. The monoisotopic (exact) mass is 290 g/mol. The van der Waals surface area contributed by atoms with Crippen LogP contribution in [0.1, 0.15) is 87.2 Å². The molecule has 110 valence electrons. The van der Waals surface area contributed by atoms with E-state index in [1.54, 1.807) is 5.56 Å². The summed E-state index contributed by atoms with van der Waals surface area (Å²) in [7, 11) is 2.82. The van der Waals surface area contributed by atoms with Crippen molar-refractivity contribution in [3.05, 3.63) is 23.3 Å². The Bertz CT molecular complexity index is 457. The van der Waals surface area contributed by atoms with Gasteiger partial charge in [-0.2, -0.15) is 0 Å². The number of phenols is 1. The van der Waals surface area contributed by atoms with E-state index in [4.69, 9.17) is 0 Å². The highest BCUT2D eigenvalue weighted by Gasteiger charge is 2.26. The van der Waals surface area contributed by atoms with Crippen molar-refractivity contribution < 1.29 is 5.11 Å². The lowest BCUT2D eigenvalue weighted by Crippen LogP contribution is -2.18. The predicted molar refractivity (Wildman–Crippen MR) is 89.1 cm³/mol. The maximum atomic E-state index is 10.1. The third-order valence-electron chi connectivity index (χ3n) is 5.36. The lowest BCUT2D eigenvalue weighted by atomic mass is 9.76. The maximum absolute atomic E-state index is 10.1. The van der Waals surface area contributed by atoms with Gasteiger partial charge in [0.15, 0.2) is 0 Å². The van der Waals surface area contributed by atoms with Gasteiger partial charge < -0.3 is 5.11 Å². The van der Waals surface area contributed by atoms with E-state index in [9.17, 15) is 5.11 Å². The second kappa shape index (κ2) is 6.48. The zero-order chi connectivity index (χ0) is 13.9. The molecule has 2 aliphatic rings. The van der Waals surface area contributed by atoms with Gasteiger partial charge in [-0.05, 0) is 54.7 Å². The largest absolute Gasteiger partial charge is 0.507 e. The molecule has 20 heavy (non-hydrogen) atoms. The van der Waals surface area contributed by atoms with Gasteiger partial charge in [-0.15, -0.1) is 9.24 Å². The van der Waals surface area contributed by atoms with Gasteiger partial charge in [-0.25, -0.2) is 0 Å². The van der Waals surface area contributed by atoms with Gasteiger partial charge in [0.2, 0.25) is 0 Å². The Morgan fingerprint density at radius 2 is 1.35 bits per heavy atom. The lowest BCUT2D eigenvalue weighted by Gasteiger charge is -2.31. The van der Waals surface area contributed by atoms with Crippen molar-refractivity contribution in [3.63, 3.8) is 0 Å². The van der Waals surface area contributed by atoms with Gasteiger partial charge in [-0.1, -0.05) is 44.6 Å². The quantitative estimate of drug-likeness (QED) is 0.761. The first-order valence-electron chi connectivity index (χ1n) is 8.38. The fourth-order valence-electron chi connectivity index (χ4n) is 4.26. The van der Waals surface area contributed by atoms with Crippen molar-refractivity contribution in [1.82, 2.24) is 0 Å². The van der Waals surface area contributed by atoms with Crippen LogP contribution in [0.5, 0.6) is 5.75 Å². The van der Waals surface area contributed by atoms with E-state index in [0.717, 1.165) is 11.2 Å².